The van der Waals surface area contributed by atoms with Gasteiger partial charge in [-0.15, -0.1) is 0 Å². The molecule has 9 nitrogen and oxygen atoms in total. The summed E-state index contributed by atoms with van der Waals surface area (Å²) in [7, 11) is 0. The first-order valence-electron chi connectivity index (χ1n) is 10.5. The zero-order chi connectivity index (χ0) is 23.0. The second kappa shape index (κ2) is 10.7. The van der Waals surface area contributed by atoms with Gasteiger partial charge >= 0.3 is 17.9 Å². The molecule has 1 aromatic carbocycles. The second-order valence-corrected chi connectivity index (χ2v) is 7.79. The molecule has 0 fully saturated rings. The molecule has 1 aromatic rings. The van der Waals surface area contributed by atoms with Crippen molar-refractivity contribution in [3.63, 3.8) is 0 Å². The first-order chi connectivity index (χ1) is 16.1. The van der Waals surface area contributed by atoms with Crippen molar-refractivity contribution in [2.45, 2.75) is 19.8 Å². The molecule has 33 heavy (non-hydrogen) atoms. The number of esters is 3. The molecule has 0 amide bonds. The maximum atomic E-state index is 12.2. The van der Waals surface area contributed by atoms with Crippen LogP contribution < -0.4 is 0 Å². The van der Waals surface area contributed by atoms with Crippen molar-refractivity contribution in [3.05, 3.63) is 71.9 Å². The van der Waals surface area contributed by atoms with Gasteiger partial charge in [0.2, 0.25) is 0 Å². The normalized spacial score (nSPS) is 22.4. The monoisotopic (exact) mass is 456 g/mol. The van der Waals surface area contributed by atoms with Gasteiger partial charge in [-0.1, -0.05) is 0 Å². The highest BCUT2D eigenvalue weighted by molar-refractivity contribution is 5.76. The molecule has 0 aliphatic carbocycles. The molecule has 4 rings (SSSR count). The summed E-state index contributed by atoms with van der Waals surface area (Å²) in [5.74, 6) is -2.48. The van der Waals surface area contributed by atoms with Crippen molar-refractivity contribution in [1.29, 1.82) is 0 Å². The van der Waals surface area contributed by atoms with Gasteiger partial charge in [-0.2, -0.15) is 0 Å². The number of hydrogen-bond acceptors (Lipinski definition) is 9. The molecule has 0 saturated heterocycles. The summed E-state index contributed by atoms with van der Waals surface area (Å²) in [6.07, 6.45) is 9.36. The summed E-state index contributed by atoms with van der Waals surface area (Å²) in [5.41, 5.74) is 2.04. The van der Waals surface area contributed by atoms with Crippen LogP contribution in [0, 0.1) is 17.8 Å². The fourth-order valence-electron chi connectivity index (χ4n) is 3.41. The standard InChI is InChI=1S/C24H24O9/c25-22(19-1-4-28-13-19)31-10-16-7-17(11-32-23(26)20-2-5-29-14-20)9-18(8-16)12-33-24(27)21-3-6-30-15-21/h1-9,19-21H,10-15H2. The molecule has 3 atom stereocenters. The van der Waals surface area contributed by atoms with E-state index in [0.717, 1.165) is 0 Å². The van der Waals surface area contributed by atoms with Crippen LogP contribution >= 0.6 is 0 Å². The van der Waals surface area contributed by atoms with E-state index in [4.69, 9.17) is 28.4 Å². The van der Waals surface area contributed by atoms with Gasteiger partial charge in [0, 0.05) is 0 Å². The first-order valence-corrected chi connectivity index (χ1v) is 10.5. The Morgan fingerprint density at radius 1 is 0.606 bits per heavy atom. The SMILES string of the molecule is O=C(OCc1cc(COC(=O)C2C=COC2)cc(COC(=O)C2C=COC2)c1)C1C=COC1. The molecule has 0 saturated carbocycles. The maximum Gasteiger partial charge on any atom is 0.316 e. The van der Waals surface area contributed by atoms with Crippen LogP contribution in [-0.4, -0.2) is 37.7 Å². The molecular weight excluding hydrogens is 432 g/mol. The molecule has 3 heterocycles. The van der Waals surface area contributed by atoms with Gasteiger partial charge in [0.25, 0.3) is 0 Å². The molecule has 0 N–H and O–H groups in total. The second-order valence-electron chi connectivity index (χ2n) is 7.79. The fourth-order valence-corrected chi connectivity index (χ4v) is 3.41. The third kappa shape index (κ3) is 6.15. The molecule has 0 spiro atoms. The van der Waals surface area contributed by atoms with E-state index in [9.17, 15) is 14.4 Å². The topological polar surface area (TPSA) is 107 Å². The van der Waals surface area contributed by atoms with Crippen LogP contribution in [0.2, 0.25) is 0 Å². The highest BCUT2D eigenvalue weighted by atomic mass is 16.5. The summed E-state index contributed by atoms with van der Waals surface area (Å²) in [6, 6.07) is 5.34. The van der Waals surface area contributed by atoms with Crippen molar-refractivity contribution in [2.75, 3.05) is 19.8 Å². The van der Waals surface area contributed by atoms with Gasteiger partial charge in [-0.25, -0.2) is 0 Å². The van der Waals surface area contributed by atoms with Crippen molar-refractivity contribution in [2.24, 2.45) is 17.8 Å². The van der Waals surface area contributed by atoms with Gasteiger partial charge in [-0.05, 0) is 53.1 Å². The minimum atomic E-state index is -0.432. The number of rotatable bonds is 9. The van der Waals surface area contributed by atoms with Crippen LogP contribution in [-0.2, 0) is 62.6 Å². The highest BCUT2D eigenvalue weighted by Gasteiger charge is 2.23. The molecule has 3 unspecified atom stereocenters. The zero-order valence-electron chi connectivity index (χ0n) is 17.8. The summed E-state index contributed by atoms with van der Waals surface area (Å²) in [4.78, 5) is 36.6. The Balaban J connectivity index is 1.40. The molecular formula is C24H24O9. The van der Waals surface area contributed by atoms with Gasteiger partial charge < -0.3 is 28.4 Å². The lowest BCUT2D eigenvalue weighted by atomic mass is 10.1. The zero-order valence-corrected chi connectivity index (χ0v) is 17.8. The molecule has 0 aromatic heterocycles. The summed E-state index contributed by atoms with van der Waals surface area (Å²) >= 11 is 0. The lowest BCUT2D eigenvalue weighted by molar-refractivity contribution is -0.149. The third-order valence-corrected chi connectivity index (χ3v) is 5.21. The Labute approximate surface area is 190 Å². The average molecular weight is 456 g/mol. The van der Waals surface area contributed by atoms with Crippen LogP contribution in [0.4, 0.5) is 0 Å². The van der Waals surface area contributed by atoms with Gasteiger partial charge in [0.15, 0.2) is 0 Å². The lowest BCUT2D eigenvalue weighted by Crippen LogP contribution is -2.18. The van der Waals surface area contributed by atoms with Crippen molar-refractivity contribution < 1.29 is 42.8 Å². The van der Waals surface area contributed by atoms with E-state index in [0.29, 0.717) is 16.7 Å². The Morgan fingerprint density at radius 2 is 0.909 bits per heavy atom. The molecule has 174 valence electrons. The van der Waals surface area contributed by atoms with Gasteiger partial charge in [-0.3, -0.25) is 14.4 Å². The third-order valence-electron chi connectivity index (χ3n) is 5.21. The largest absolute Gasteiger partial charge is 0.500 e. The fraction of sp³-hybridized carbons (Fsp3) is 0.375. The Kier molecular flexibility index (Phi) is 7.29. The molecule has 9 heteroatoms. The van der Waals surface area contributed by atoms with Gasteiger partial charge in [0.1, 0.15) is 57.4 Å². The summed E-state index contributed by atoms with van der Waals surface area (Å²) in [5, 5.41) is 0. The van der Waals surface area contributed by atoms with Crippen molar-refractivity contribution >= 4 is 17.9 Å². The Hall–Kier alpha value is -3.75. The van der Waals surface area contributed by atoms with Crippen LogP contribution in [0.3, 0.4) is 0 Å². The average Bonchev–Trinajstić information content (AvgIpc) is 3.62. The smallest absolute Gasteiger partial charge is 0.316 e. The van der Waals surface area contributed by atoms with Crippen molar-refractivity contribution in [1.82, 2.24) is 0 Å². The first kappa shape index (κ1) is 22.4. The van der Waals surface area contributed by atoms with Gasteiger partial charge in [0.05, 0.1) is 18.8 Å². The van der Waals surface area contributed by atoms with Crippen molar-refractivity contribution in [3.8, 4) is 0 Å². The lowest BCUT2D eigenvalue weighted by Gasteiger charge is -2.14. The quantitative estimate of drug-likeness (QED) is 0.409. The van der Waals surface area contributed by atoms with Crippen LogP contribution in [0.1, 0.15) is 16.7 Å². The van der Waals surface area contributed by atoms with E-state index < -0.39 is 35.7 Å². The summed E-state index contributed by atoms with van der Waals surface area (Å²) < 4.78 is 31.4. The summed E-state index contributed by atoms with van der Waals surface area (Å²) in [6.45, 7) is 0.830. The molecule has 3 aliphatic rings. The van der Waals surface area contributed by atoms with Crippen LogP contribution in [0.25, 0.3) is 0 Å². The highest BCUT2D eigenvalue weighted by Crippen LogP contribution is 2.19. The van der Waals surface area contributed by atoms with Crippen LogP contribution in [0.15, 0.2) is 55.2 Å². The molecule has 0 radical (unpaired) electrons. The Bertz CT molecular complexity index is 842. The predicted molar refractivity (Wildman–Crippen MR) is 112 cm³/mol. The minimum absolute atomic E-state index is 0.0182. The van der Waals surface area contributed by atoms with E-state index in [2.05, 4.69) is 0 Å². The number of hydrogen-bond donors (Lipinski definition) is 0. The Morgan fingerprint density at radius 3 is 1.15 bits per heavy atom. The van der Waals surface area contributed by atoms with E-state index in [1.807, 2.05) is 0 Å². The number of ether oxygens (including phenoxy) is 6. The predicted octanol–water partition coefficient (Wildman–Crippen LogP) is 2.30. The number of carbonyl (C=O) groups is 3. The van der Waals surface area contributed by atoms with E-state index >= 15 is 0 Å². The maximum absolute atomic E-state index is 12.2. The van der Waals surface area contributed by atoms with E-state index in [-0.39, 0.29) is 39.6 Å². The number of benzene rings is 1. The van der Waals surface area contributed by atoms with E-state index in [1.54, 1.807) is 36.4 Å². The van der Waals surface area contributed by atoms with Crippen LogP contribution in [0.5, 0.6) is 0 Å². The molecule has 3 aliphatic heterocycles. The number of carbonyl (C=O) groups excluding carboxylic acids is 3. The minimum Gasteiger partial charge on any atom is -0.500 e. The molecule has 0 bridgehead atoms. The van der Waals surface area contributed by atoms with E-state index in [1.165, 1.54) is 18.8 Å².